The van der Waals surface area contributed by atoms with Gasteiger partial charge in [0.25, 0.3) is 0 Å². The highest BCUT2D eigenvalue weighted by Crippen LogP contribution is 2.13. The smallest absolute Gasteiger partial charge is 0.336 e. The number of nitrogens with one attached hydrogen (secondary N) is 1. The Bertz CT molecular complexity index is 454. The molecule has 1 heterocycles. The van der Waals surface area contributed by atoms with Crippen molar-refractivity contribution in [1.82, 2.24) is 5.32 Å². The summed E-state index contributed by atoms with van der Waals surface area (Å²) in [5, 5.41) is 12.4. The molecule has 1 unspecified atom stereocenters. The van der Waals surface area contributed by atoms with Crippen molar-refractivity contribution in [2.75, 3.05) is 6.54 Å². The number of rotatable bonds is 3. The van der Waals surface area contributed by atoms with Crippen molar-refractivity contribution in [3.05, 3.63) is 35.4 Å². The van der Waals surface area contributed by atoms with E-state index in [1.807, 2.05) is 6.07 Å². The minimum Gasteiger partial charge on any atom is -0.478 e. The first-order chi connectivity index (χ1) is 8.22. The summed E-state index contributed by atoms with van der Waals surface area (Å²) in [7, 11) is 0. The average Bonchev–Trinajstić information content (AvgIpc) is 2.39. The Labute approximate surface area is 100 Å². The third-order valence-electron chi connectivity index (χ3n) is 2.99. The third kappa shape index (κ3) is 2.46. The lowest BCUT2D eigenvalue weighted by atomic mass is 10.0. The highest BCUT2D eigenvalue weighted by Gasteiger charge is 2.19. The third-order valence-corrected chi connectivity index (χ3v) is 2.99. The van der Waals surface area contributed by atoms with Gasteiger partial charge in [0.1, 0.15) is 5.84 Å². The molecule has 2 N–H and O–H groups in total. The van der Waals surface area contributed by atoms with E-state index < -0.39 is 5.97 Å². The van der Waals surface area contributed by atoms with Crippen molar-refractivity contribution in [2.45, 2.75) is 25.8 Å². The average molecular weight is 232 g/mol. The second kappa shape index (κ2) is 4.99. The predicted molar refractivity (Wildman–Crippen MR) is 66.6 cm³/mol. The van der Waals surface area contributed by atoms with Gasteiger partial charge in [0.05, 0.1) is 5.56 Å². The summed E-state index contributed by atoms with van der Waals surface area (Å²) in [6, 6.07) is 7.37. The molecule has 4 heteroatoms. The van der Waals surface area contributed by atoms with Gasteiger partial charge in [-0.25, -0.2) is 4.79 Å². The zero-order valence-electron chi connectivity index (χ0n) is 9.81. The molecule has 1 atom stereocenters. The molecule has 0 radical (unpaired) electrons. The molecular weight excluding hydrogens is 216 g/mol. The van der Waals surface area contributed by atoms with Crippen molar-refractivity contribution in [2.24, 2.45) is 4.99 Å². The number of aliphatic imine (C=N–C) groups is 1. The van der Waals surface area contributed by atoms with E-state index in [0.29, 0.717) is 23.0 Å². The molecule has 2 rings (SSSR count). The number of aromatic carboxylic acids is 1. The molecule has 1 aromatic rings. The standard InChI is InChI=1S/C13H16N2O2/c1-2-9-7-8-14-12(15-9)10-5-3-4-6-11(10)13(16)17/h3-6,9H,2,7-8H2,1H3,(H,14,15)(H,16,17). The monoisotopic (exact) mass is 232 g/mol. The van der Waals surface area contributed by atoms with Crippen LogP contribution >= 0.6 is 0 Å². The topological polar surface area (TPSA) is 61.7 Å². The fourth-order valence-electron chi connectivity index (χ4n) is 1.99. The maximum absolute atomic E-state index is 11.1. The molecule has 0 aliphatic carbocycles. The summed E-state index contributed by atoms with van der Waals surface area (Å²) in [5.74, 6) is -0.204. The lowest BCUT2D eigenvalue weighted by Crippen LogP contribution is -2.39. The van der Waals surface area contributed by atoms with Crippen LogP contribution in [-0.4, -0.2) is 29.5 Å². The minimum atomic E-state index is -0.913. The van der Waals surface area contributed by atoms with Crippen LogP contribution in [0.1, 0.15) is 35.7 Å². The van der Waals surface area contributed by atoms with Crippen LogP contribution in [0.3, 0.4) is 0 Å². The molecule has 17 heavy (non-hydrogen) atoms. The second-order valence-corrected chi connectivity index (χ2v) is 4.12. The molecule has 0 amide bonds. The quantitative estimate of drug-likeness (QED) is 0.836. The van der Waals surface area contributed by atoms with Crippen molar-refractivity contribution in [3.63, 3.8) is 0 Å². The molecule has 1 aliphatic rings. The normalized spacial score (nSPS) is 19.4. The van der Waals surface area contributed by atoms with Gasteiger partial charge >= 0.3 is 5.97 Å². The van der Waals surface area contributed by atoms with E-state index in [9.17, 15) is 4.79 Å². The Morgan fingerprint density at radius 1 is 1.53 bits per heavy atom. The SMILES string of the molecule is CCC1CCN=C(c2ccccc2C(=O)O)N1. The van der Waals surface area contributed by atoms with Crippen molar-refractivity contribution < 1.29 is 9.90 Å². The van der Waals surface area contributed by atoms with Crippen LogP contribution in [0.25, 0.3) is 0 Å². The maximum atomic E-state index is 11.1. The van der Waals surface area contributed by atoms with Gasteiger partial charge in [-0.05, 0) is 18.9 Å². The van der Waals surface area contributed by atoms with Crippen LogP contribution in [0.2, 0.25) is 0 Å². The zero-order chi connectivity index (χ0) is 12.3. The largest absolute Gasteiger partial charge is 0.478 e. The number of hydrogen-bond acceptors (Lipinski definition) is 3. The van der Waals surface area contributed by atoms with E-state index in [2.05, 4.69) is 17.2 Å². The molecule has 0 saturated carbocycles. The summed E-state index contributed by atoms with van der Waals surface area (Å²) in [6.45, 7) is 2.87. The van der Waals surface area contributed by atoms with Gasteiger partial charge < -0.3 is 10.4 Å². The van der Waals surface area contributed by atoms with Gasteiger partial charge in [-0.15, -0.1) is 0 Å². The number of carboxylic acids is 1. The van der Waals surface area contributed by atoms with Gasteiger partial charge in [-0.1, -0.05) is 25.1 Å². The van der Waals surface area contributed by atoms with E-state index in [1.165, 1.54) is 0 Å². The molecule has 0 saturated heterocycles. The highest BCUT2D eigenvalue weighted by molar-refractivity contribution is 6.07. The zero-order valence-corrected chi connectivity index (χ0v) is 9.81. The van der Waals surface area contributed by atoms with Crippen LogP contribution in [0.4, 0.5) is 0 Å². The van der Waals surface area contributed by atoms with Gasteiger partial charge in [-0.3, -0.25) is 4.99 Å². The number of carboxylic acid groups (broad SMARTS) is 1. The van der Waals surface area contributed by atoms with Gasteiger partial charge in [-0.2, -0.15) is 0 Å². The molecule has 4 nitrogen and oxygen atoms in total. The summed E-state index contributed by atoms with van der Waals surface area (Å²) in [5.41, 5.74) is 0.980. The summed E-state index contributed by atoms with van der Waals surface area (Å²) >= 11 is 0. The summed E-state index contributed by atoms with van der Waals surface area (Å²) in [4.78, 5) is 15.5. The number of benzene rings is 1. The van der Waals surface area contributed by atoms with Gasteiger partial charge in [0, 0.05) is 18.2 Å². The van der Waals surface area contributed by atoms with E-state index in [4.69, 9.17) is 5.11 Å². The maximum Gasteiger partial charge on any atom is 0.336 e. The molecular formula is C13H16N2O2. The number of hydrogen-bond donors (Lipinski definition) is 2. The number of nitrogens with zero attached hydrogens (tertiary/aromatic N) is 1. The molecule has 1 aromatic carbocycles. The molecule has 0 fully saturated rings. The van der Waals surface area contributed by atoms with Crippen LogP contribution in [0.5, 0.6) is 0 Å². The molecule has 0 bridgehead atoms. The lowest BCUT2D eigenvalue weighted by Gasteiger charge is -2.24. The van der Waals surface area contributed by atoms with Crippen LogP contribution in [0.15, 0.2) is 29.3 Å². The summed E-state index contributed by atoms with van der Waals surface area (Å²) < 4.78 is 0. The Morgan fingerprint density at radius 2 is 2.29 bits per heavy atom. The molecule has 0 spiro atoms. The molecule has 1 aliphatic heterocycles. The first-order valence-corrected chi connectivity index (χ1v) is 5.86. The van der Waals surface area contributed by atoms with E-state index in [1.54, 1.807) is 18.2 Å². The van der Waals surface area contributed by atoms with E-state index in [0.717, 1.165) is 19.4 Å². The predicted octanol–water partition coefficient (Wildman–Crippen LogP) is 1.90. The lowest BCUT2D eigenvalue weighted by molar-refractivity contribution is 0.0696. The first kappa shape index (κ1) is 11.6. The fourth-order valence-corrected chi connectivity index (χ4v) is 1.99. The Balaban J connectivity index is 2.34. The Hall–Kier alpha value is -1.84. The second-order valence-electron chi connectivity index (χ2n) is 4.12. The Kier molecular flexibility index (Phi) is 3.42. The van der Waals surface area contributed by atoms with Crippen molar-refractivity contribution in [1.29, 1.82) is 0 Å². The Morgan fingerprint density at radius 3 is 3.00 bits per heavy atom. The van der Waals surface area contributed by atoms with Crippen LogP contribution < -0.4 is 5.32 Å². The van der Waals surface area contributed by atoms with Crippen molar-refractivity contribution in [3.8, 4) is 0 Å². The van der Waals surface area contributed by atoms with Gasteiger partial charge in [0.2, 0.25) is 0 Å². The molecule has 0 aromatic heterocycles. The van der Waals surface area contributed by atoms with Gasteiger partial charge in [0.15, 0.2) is 0 Å². The number of carbonyl (C=O) groups is 1. The van der Waals surface area contributed by atoms with E-state index in [-0.39, 0.29) is 0 Å². The highest BCUT2D eigenvalue weighted by atomic mass is 16.4. The van der Waals surface area contributed by atoms with Crippen LogP contribution in [-0.2, 0) is 0 Å². The van der Waals surface area contributed by atoms with Crippen molar-refractivity contribution >= 4 is 11.8 Å². The van der Waals surface area contributed by atoms with Crippen LogP contribution in [0, 0.1) is 0 Å². The fraction of sp³-hybridized carbons (Fsp3) is 0.385. The number of amidine groups is 1. The minimum absolute atomic E-state index is 0.301. The molecule has 90 valence electrons. The first-order valence-electron chi connectivity index (χ1n) is 5.86. The van der Waals surface area contributed by atoms with E-state index >= 15 is 0 Å². The summed E-state index contributed by atoms with van der Waals surface area (Å²) in [6.07, 6.45) is 2.03.